The average molecular weight is 461 g/mol. The molecule has 0 aliphatic heterocycles. The van der Waals surface area contributed by atoms with Crippen LogP contribution in [0.25, 0.3) is 11.3 Å². The molecule has 1 atom stereocenters. The van der Waals surface area contributed by atoms with E-state index in [0.29, 0.717) is 24.7 Å². The molecule has 1 amide bonds. The molecule has 2 aromatic carbocycles. The van der Waals surface area contributed by atoms with E-state index in [2.05, 4.69) is 22.4 Å². The minimum absolute atomic E-state index is 0.00945. The van der Waals surface area contributed by atoms with Gasteiger partial charge in [-0.05, 0) is 55.7 Å². The van der Waals surface area contributed by atoms with Gasteiger partial charge in [0.1, 0.15) is 5.82 Å². The molecular formula is C27H32N4O3. The van der Waals surface area contributed by atoms with E-state index in [-0.39, 0.29) is 24.3 Å². The molecule has 1 aliphatic rings. The summed E-state index contributed by atoms with van der Waals surface area (Å²) in [6.07, 6.45) is 6.20. The van der Waals surface area contributed by atoms with Crippen LogP contribution in [0.3, 0.4) is 0 Å². The van der Waals surface area contributed by atoms with Gasteiger partial charge in [0.25, 0.3) is 0 Å². The van der Waals surface area contributed by atoms with Crippen molar-refractivity contribution in [1.82, 2.24) is 15.3 Å². The predicted octanol–water partition coefficient (Wildman–Crippen LogP) is 3.87. The van der Waals surface area contributed by atoms with Gasteiger partial charge in [-0.1, -0.05) is 54.6 Å². The summed E-state index contributed by atoms with van der Waals surface area (Å²) in [7, 11) is 0. The van der Waals surface area contributed by atoms with Crippen LogP contribution in [0.4, 0.5) is 0 Å². The number of amides is 1. The molecule has 0 unspecified atom stereocenters. The maximum atomic E-state index is 13.1. The first-order chi connectivity index (χ1) is 16.5. The molecule has 7 heteroatoms. The Bertz CT molecular complexity index is 1090. The molecule has 0 radical (unpaired) electrons. The van der Waals surface area contributed by atoms with E-state index >= 15 is 0 Å². The molecule has 1 heterocycles. The average Bonchev–Trinajstić information content (AvgIpc) is 3.35. The fourth-order valence-electron chi connectivity index (χ4n) is 4.65. The van der Waals surface area contributed by atoms with Crippen LogP contribution in [-0.4, -0.2) is 33.5 Å². The molecule has 0 bridgehead atoms. The van der Waals surface area contributed by atoms with E-state index in [0.717, 1.165) is 48.1 Å². The van der Waals surface area contributed by atoms with Crippen molar-refractivity contribution in [2.45, 2.75) is 44.6 Å². The van der Waals surface area contributed by atoms with Gasteiger partial charge in [-0.3, -0.25) is 9.59 Å². The van der Waals surface area contributed by atoms with Crippen molar-refractivity contribution < 1.29 is 14.7 Å². The quantitative estimate of drug-likeness (QED) is 0.386. The lowest BCUT2D eigenvalue weighted by molar-refractivity contribution is -0.136. The zero-order valence-corrected chi connectivity index (χ0v) is 19.2. The summed E-state index contributed by atoms with van der Waals surface area (Å²) in [4.78, 5) is 32.1. The molecule has 1 saturated carbocycles. The van der Waals surface area contributed by atoms with E-state index in [1.54, 1.807) is 12.1 Å². The van der Waals surface area contributed by atoms with Crippen molar-refractivity contribution in [3.63, 3.8) is 0 Å². The Morgan fingerprint density at radius 2 is 1.74 bits per heavy atom. The Hall–Kier alpha value is -3.45. The molecule has 0 saturated heterocycles. The van der Waals surface area contributed by atoms with E-state index in [1.165, 1.54) is 0 Å². The molecule has 178 valence electrons. The van der Waals surface area contributed by atoms with Crippen LogP contribution in [0.2, 0.25) is 0 Å². The van der Waals surface area contributed by atoms with Crippen molar-refractivity contribution in [1.29, 1.82) is 0 Å². The van der Waals surface area contributed by atoms with Gasteiger partial charge in [0.05, 0.1) is 18.2 Å². The van der Waals surface area contributed by atoms with Crippen LogP contribution >= 0.6 is 0 Å². The fraction of sp³-hybridized carbons (Fsp3) is 0.370. The smallest absolute Gasteiger partial charge is 0.307 e. The van der Waals surface area contributed by atoms with Crippen molar-refractivity contribution >= 4 is 11.9 Å². The first-order valence-electron chi connectivity index (χ1n) is 11.9. The van der Waals surface area contributed by atoms with Crippen LogP contribution in [0, 0.1) is 11.8 Å². The van der Waals surface area contributed by atoms with Gasteiger partial charge in [0.2, 0.25) is 5.91 Å². The van der Waals surface area contributed by atoms with Gasteiger partial charge in [-0.2, -0.15) is 0 Å². The van der Waals surface area contributed by atoms with Gasteiger partial charge in [0.15, 0.2) is 0 Å². The van der Waals surface area contributed by atoms with Gasteiger partial charge >= 0.3 is 5.97 Å². The number of hydrogen-bond acceptors (Lipinski definition) is 4. The Balaban J connectivity index is 1.50. The second kappa shape index (κ2) is 11.1. The SMILES string of the molecule is NC[C@H]1CC[C@H](C(=O)N[C@@H](Cc2ccccc2)c2nc(-c3ccc(CC(=O)O)cc3)c[nH]2)CC1. The molecule has 0 spiro atoms. The van der Waals surface area contributed by atoms with Crippen LogP contribution in [0.1, 0.15) is 48.7 Å². The largest absolute Gasteiger partial charge is 0.481 e. The normalized spacial score (nSPS) is 18.9. The number of nitrogens with zero attached hydrogens (tertiary/aromatic N) is 1. The van der Waals surface area contributed by atoms with Gasteiger partial charge in [-0.15, -0.1) is 0 Å². The molecule has 1 aliphatic carbocycles. The highest BCUT2D eigenvalue weighted by Crippen LogP contribution is 2.29. The first-order valence-corrected chi connectivity index (χ1v) is 11.9. The highest BCUT2D eigenvalue weighted by Gasteiger charge is 2.28. The third-order valence-corrected chi connectivity index (χ3v) is 6.68. The minimum atomic E-state index is -0.856. The summed E-state index contributed by atoms with van der Waals surface area (Å²) < 4.78 is 0. The van der Waals surface area contributed by atoms with Crippen LogP contribution < -0.4 is 11.1 Å². The number of rotatable bonds is 9. The fourth-order valence-corrected chi connectivity index (χ4v) is 4.65. The lowest BCUT2D eigenvalue weighted by atomic mass is 9.81. The van der Waals surface area contributed by atoms with E-state index in [4.69, 9.17) is 15.8 Å². The molecule has 1 aromatic heterocycles. The third-order valence-electron chi connectivity index (χ3n) is 6.68. The summed E-state index contributed by atoms with van der Waals surface area (Å²) >= 11 is 0. The summed E-state index contributed by atoms with van der Waals surface area (Å²) in [5.74, 6) is 0.464. The molecule has 4 rings (SSSR count). The number of carboxylic acid groups (broad SMARTS) is 1. The molecule has 34 heavy (non-hydrogen) atoms. The summed E-state index contributed by atoms with van der Waals surface area (Å²) in [5.41, 5.74) is 9.32. The van der Waals surface area contributed by atoms with Gasteiger partial charge in [0, 0.05) is 17.7 Å². The highest BCUT2D eigenvalue weighted by atomic mass is 16.4. The first kappa shape index (κ1) is 23.7. The number of carbonyl (C=O) groups is 2. The van der Waals surface area contributed by atoms with E-state index in [9.17, 15) is 9.59 Å². The zero-order valence-electron chi connectivity index (χ0n) is 19.2. The monoisotopic (exact) mass is 460 g/mol. The lowest BCUT2D eigenvalue weighted by Gasteiger charge is -2.28. The Kier molecular flexibility index (Phi) is 7.75. The zero-order chi connectivity index (χ0) is 23.9. The Labute approximate surface area is 199 Å². The van der Waals surface area contributed by atoms with Crippen LogP contribution in [-0.2, 0) is 22.4 Å². The van der Waals surface area contributed by atoms with Crippen molar-refractivity contribution in [2.75, 3.05) is 6.54 Å². The number of aliphatic carboxylic acids is 1. The second-order valence-electron chi connectivity index (χ2n) is 9.14. The van der Waals surface area contributed by atoms with Crippen LogP contribution in [0.15, 0.2) is 60.8 Å². The highest BCUT2D eigenvalue weighted by molar-refractivity contribution is 5.79. The van der Waals surface area contributed by atoms with Crippen molar-refractivity contribution in [3.8, 4) is 11.3 Å². The maximum absolute atomic E-state index is 13.1. The number of nitrogens with one attached hydrogen (secondary N) is 2. The number of hydrogen-bond donors (Lipinski definition) is 4. The molecule has 3 aromatic rings. The summed E-state index contributed by atoms with van der Waals surface area (Å²) in [6.45, 7) is 0.692. The number of H-pyrrole nitrogens is 1. The van der Waals surface area contributed by atoms with E-state index in [1.807, 2.05) is 36.5 Å². The number of carbonyl (C=O) groups excluding carboxylic acids is 1. The standard InChI is InChI=1S/C27H32N4O3/c28-16-20-8-12-22(13-9-20)27(34)31-23(14-18-4-2-1-3-5-18)26-29-17-24(30-26)21-10-6-19(7-11-21)15-25(32)33/h1-7,10-11,17,20,22-23H,8-9,12-16,28H2,(H,29,30)(H,31,34)(H,32,33)/t20-,22-,23-/m0/s1. The van der Waals surface area contributed by atoms with Gasteiger partial charge in [-0.25, -0.2) is 4.98 Å². The van der Waals surface area contributed by atoms with Gasteiger partial charge < -0.3 is 21.1 Å². The van der Waals surface area contributed by atoms with Crippen LogP contribution in [0.5, 0.6) is 0 Å². The number of aromatic amines is 1. The van der Waals surface area contributed by atoms with E-state index < -0.39 is 5.97 Å². The molecular weight excluding hydrogens is 428 g/mol. The Morgan fingerprint density at radius 3 is 2.38 bits per heavy atom. The van der Waals surface area contributed by atoms with Crippen molar-refractivity contribution in [3.05, 3.63) is 77.7 Å². The summed E-state index contributed by atoms with van der Waals surface area (Å²) in [5, 5.41) is 12.2. The number of nitrogens with two attached hydrogens (primary N) is 1. The topological polar surface area (TPSA) is 121 Å². The molecule has 5 N–H and O–H groups in total. The molecule has 7 nitrogen and oxygen atoms in total. The lowest BCUT2D eigenvalue weighted by Crippen LogP contribution is -2.37. The summed E-state index contributed by atoms with van der Waals surface area (Å²) in [6, 6.07) is 17.2. The Morgan fingerprint density at radius 1 is 1.03 bits per heavy atom. The number of imidazole rings is 1. The maximum Gasteiger partial charge on any atom is 0.307 e. The number of benzene rings is 2. The predicted molar refractivity (Wildman–Crippen MR) is 131 cm³/mol. The third kappa shape index (κ3) is 6.11. The van der Waals surface area contributed by atoms with Crippen molar-refractivity contribution in [2.24, 2.45) is 17.6 Å². The second-order valence-corrected chi connectivity index (χ2v) is 9.14. The number of aromatic nitrogens is 2. The molecule has 1 fully saturated rings. The minimum Gasteiger partial charge on any atom is -0.481 e. The number of carboxylic acids is 1.